The lowest BCUT2D eigenvalue weighted by molar-refractivity contribution is 0.338. The summed E-state index contributed by atoms with van der Waals surface area (Å²) in [5.74, 6) is 0.556. The van der Waals surface area contributed by atoms with Crippen LogP contribution in [0.5, 0.6) is 0 Å². The molecule has 0 aliphatic heterocycles. The summed E-state index contributed by atoms with van der Waals surface area (Å²) in [6.45, 7) is 5.39. The van der Waals surface area contributed by atoms with Crippen LogP contribution < -0.4 is 5.32 Å². The second kappa shape index (κ2) is 5.83. The first kappa shape index (κ1) is 12.8. The van der Waals surface area contributed by atoms with Gasteiger partial charge in [0.15, 0.2) is 0 Å². The van der Waals surface area contributed by atoms with Crippen molar-refractivity contribution in [2.75, 3.05) is 13.6 Å². The van der Waals surface area contributed by atoms with E-state index in [1.165, 1.54) is 11.1 Å². The fourth-order valence-electron chi connectivity index (χ4n) is 2.14. The number of hydrogen-bond donors (Lipinski definition) is 1. The van der Waals surface area contributed by atoms with Crippen molar-refractivity contribution in [1.82, 2.24) is 15.1 Å². The molecule has 3 heteroatoms. The number of nitrogens with zero attached hydrogens (tertiary/aromatic N) is 2. The molecule has 1 aromatic heterocycles. The third-order valence-electron chi connectivity index (χ3n) is 3.23. The molecule has 18 heavy (non-hydrogen) atoms. The zero-order chi connectivity index (χ0) is 13.0. The Morgan fingerprint density at radius 1 is 1.17 bits per heavy atom. The van der Waals surface area contributed by atoms with Crippen molar-refractivity contribution in [1.29, 1.82) is 0 Å². The first-order valence-corrected chi connectivity index (χ1v) is 6.46. The fraction of sp³-hybridized carbons (Fsp3) is 0.400. The van der Waals surface area contributed by atoms with Gasteiger partial charge in [0, 0.05) is 18.3 Å². The van der Waals surface area contributed by atoms with Gasteiger partial charge in [0.05, 0.1) is 12.2 Å². The Balaban J connectivity index is 2.24. The minimum atomic E-state index is 0.396. The molecule has 1 aromatic carbocycles. The van der Waals surface area contributed by atoms with Crippen LogP contribution in [0.4, 0.5) is 0 Å². The second-order valence-corrected chi connectivity index (χ2v) is 4.94. The van der Waals surface area contributed by atoms with E-state index in [2.05, 4.69) is 59.4 Å². The predicted octanol–water partition coefficient (Wildman–Crippen LogP) is 2.97. The van der Waals surface area contributed by atoms with Crippen molar-refractivity contribution >= 4 is 0 Å². The minimum Gasteiger partial charge on any atom is -0.318 e. The molecule has 1 heterocycles. The Morgan fingerprint density at radius 2 is 1.89 bits per heavy atom. The van der Waals surface area contributed by atoms with Crippen LogP contribution in [0.3, 0.4) is 0 Å². The van der Waals surface area contributed by atoms with Crippen LogP contribution >= 0.6 is 0 Å². The second-order valence-electron chi connectivity index (χ2n) is 4.94. The normalized spacial score (nSPS) is 12.9. The maximum absolute atomic E-state index is 4.51. The molecule has 3 nitrogen and oxygen atoms in total. The first-order chi connectivity index (χ1) is 8.72. The summed E-state index contributed by atoms with van der Waals surface area (Å²) in [4.78, 5) is 0. The Hall–Kier alpha value is -1.61. The van der Waals surface area contributed by atoms with Crippen LogP contribution in [0.1, 0.15) is 19.9 Å². The Morgan fingerprint density at radius 3 is 2.50 bits per heavy atom. The lowest BCUT2D eigenvalue weighted by atomic mass is 10.0. The van der Waals surface area contributed by atoms with E-state index >= 15 is 0 Å². The van der Waals surface area contributed by atoms with Crippen LogP contribution in [0.25, 0.3) is 11.1 Å². The van der Waals surface area contributed by atoms with Gasteiger partial charge in [-0.2, -0.15) is 5.10 Å². The van der Waals surface area contributed by atoms with E-state index in [0.29, 0.717) is 12.0 Å². The molecule has 0 aliphatic rings. The number of likely N-dealkylation sites (N-methyl/N-ethyl adjacent to an activating group) is 1. The molecule has 0 fully saturated rings. The van der Waals surface area contributed by atoms with Gasteiger partial charge in [0.25, 0.3) is 0 Å². The lowest BCUT2D eigenvalue weighted by Gasteiger charge is -2.20. The van der Waals surface area contributed by atoms with E-state index in [9.17, 15) is 0 Å². The van der Waals surface area contributed by atoms with E-state index < -0.39 is 0 Å². The Labute approximate surface area is 109 Å². The number of benzene rings is 1. The number of rotatable bonds is 5. The average molecular weight is 243 g/mol. The smallest absolute Gasteiger partial charge is 0.0666 e. The summed E-state index contributed by atoms with van der Waals surface area (Å²) in [6, 6.07) is 10.8. The molecule has 0 radical (unpaired) electrons. The van der Waals surface area contributed by atoms with Crippen molar-refractivity contribution in [3.05, 3.63) is 42.7 Å². The molecule has 1 atom stereocenters. The minimum absolute atomic E-state index is 0.396. The van der Waals surface area contributed by atoms with E-state index in [4.69, 9.17) is 0 Å². The van der Waals surface area contributed by atoms with Crippen LogP contribution in [-0.2, 0) is 0 Å². The Bertz CT molecular complexity index is 473. The van der Waals surface area contributed by atoms with E-state index in [0.717, 1.165) is 6.54 Å². The first-order valence-electron chi connectivity index (χ1n) is 6.46. The standard InChI is InChI=1S/C15H21N3/c1-12(2)15(10-16-3)18-11-14(9-17-18)13-7-5-4-6-8-13/h4-9,11-12,15-16H,10H2,1-3H3. The van der Waals surface area contributed by atoms with Gasteiger partial charge in [-0.25, -0.2) is 0 Å². The largest absolute Gasteiger partial charge is 0.318 e. The monoisotopic (exact) mass is 243 g/mol. The third kappa shape index (κ3) is 2.79. The molecule has 0 spiro atoms. The Kier molecular flexibility index (Phi) is 4.15. The zero-order valence-corrected chi connectivity index (χ0v) is 11.3. The predicted molar refractivity (Wildman–Crippen MR) is 75.5 cm³/mol. The number of hydrogen-bond acceptors (Lipinski definition) is 2. The molecule has 0 saturated heterocycles. The van der Waals surface area contributed by atoms with Gasteiger partial charge in [0.2, 0.25) is 0 Å². The van der Waals surface area contributed by atoms with Gasteiger partial charge in [-0.3, -0.25) is 4.68 Å². The summed E-state index contributed by atoms with van der Waals surface area (Å²) < 4.78 is 2.07. The van der Waals surface area contributed by atoms with Gasteiger partial charge in [-0.15, -0.1) is 0 Å². The molecule has 0 bridgehead atoms. The highest BCUT2D eigenvalue weighted by Crippen LogP contribution is 2.22. The van der Waals surface area contributed by atoms with Gasteiger partial charge in [0.1, 0.15) is 0 Å². The van der Waals surface area contributed by atoms with Gasteiger partial charge in [-0.1, -0.05) is 44.2 Å². The van der Waals surface area contributed by atoms with Crippen molar-refractivity contribution in [3.63, 3.8) is 0 Å². The van der Waals surface area contributed by atoms with Gasteiger partial charge in [-0.05, 0) is 18.5 Å². The maximum atomic E-state index is 4.51. The van der Waals surface area contributed by atoms with Gasteiger partial charge < -0.3 is 5.32 Å². The van der Waals surface area contributed by atoms with Crippen molar-refractivity contribution in [2.24, 2.45) is 5.92 Å². The fourth-order valence-corrected chi connectivity index (χ4v) is 2.14. The number of nitrogens with one attached hydrogen (secondary N) is 1. The molecule has 0 amide bonds. The quantitative estimate of drug-likeness (QED) is 0.875. The molecule has 1 unspecified atom stereocenters. The summed E-state index contributed by atoms with van der Waals surface area (Å²) in [6.07, 6.45) is 4.08. The van der Waals surface area contributed by atoms with Crippen LogP contribution in [0.2, 0.25) is 0 Å². The summed E-state index contributed by atoms with van der Waals surface area (Å²) in [5, 5.41) is 7.75. The highest BCUT2D eigenvalue weighted by atomic mass is 15.3. The summed E-state index contributed by atoms with van der Waals surface area (Å²) >= 11 is 0. The molecule has 96 valence electrons. The topological polar surface area (TPSA) is 29.9 Å². The molecular formula is C15H21N3. The van der Waals surface area contributed by atoms with E-state index in [1.54, 1.807) is 0 Å². The van der Waals surface area contributed by atoms with Crippen LogP contribution in [-0.4, -0.2) is 23.4 Å². The zero-order valence-electron chi connectivity index (χ0n) is 11.3. The highest BCUT2D eigenvalue weighted by Gasteiger charge is 2.15. The third-order valence-corrected chi connectivity index (χ3v) is 3.23. The SMILES string of the molecule is CNCC(C(C)C)n1cc(-c2ccccc2)cn1. The van der Waals surface area contributed by atoms with Crippen LogP contribution in [0.15, 0.2) is 42.7 Å². The summed E-state index contributed by atoms with van der Waals surface area (Å²) in [5.41, 5.74) is 2.40. The van der Waals surface area contributed by atoms with E-state index in [-0.39, 0.29) is 0 Å². The molecule has 0 aliphatic carbocycles. The number of aromatic nitrogens is 2. The molecule has 2 aromatic rings. The summed E-state index contributed by atoms with van der Waals surface area (Å²) in [7, 11) is 1.98. The van der Waals surface area contributed by atoms with Crippen LogP contribution in [0, 0.1) is 5.92 Å². The molecule has 0 saturated carbocycles. The van der Waals surface area contributed by atoms with Gasteiger partial charge >= 0.3 is 0 Å². The maximum Gasteiger partial charge on any atom is 0.0666 e. The molecular weight excluding hydrogens is 222 g/mol. The lowest BCUT2D eigenvalue weighted by Crippen LogP contribution is -2.26. The highest BCUT2D eigenvalue weighted by molar-refractivity contribution is 5.61. The van der Waals surface area contributed by atoms with Crippen molar-refractivity contribution in [3.8, 4) is 11.1 Å². The average Bonchev–Trinajstić information content (AvgIpc) is 2.86. The van der Waals surface area contributed by atoms with Crippen molar-refractivity contribution in [2.45, 2.75) is 19.9 Å². The molecule has 1 N–H and O–H groups in total. The van der Waals surface area contributed by atoms with E-state index in [1.807, 2.05) is 19.3 Å². The van der Waals surface area contributed by atoms with Crippen molar-refractivity contribution < 1.29 is 0 Å². The molecule has 2 rings (SSSR count).